The molecule has 2 heterocycles. The smallest absolute Gasteiger partial charge is 0.308 e. The Kier molecular flexibility index (Phi) is 7.97. The third kappa shape index (κ3) is 5.66. The number of nitrogens with one attached hydrogen (secondary N) is 1. The SMILES string of the molecule is Cl.N=C(N)c1ccc(CCC(=O)N2CCCc3cc(N4CCCC(C(=O)O)C4)ccc32)cc1. The average Bonchev–Trinajstić information content (AvgIpc) is 2.82. The second kappa shape index (κ2) is 10.7. The lowest BCUT2D eigenvalue weighted by Crippen LogP contribution is -2.39. The predicted molar refractivity (Wildman–Crippen MR) is 133 cm³/mol. The second-order valence-corrected chi connectivity index (χ2v) is 8.70. The van der Waals surface area contributed by atoms with Crippen molar-refractivity contribution in [2.24, 2.45) is 11.7 Å². The van der Waals surface area contributed by atoms with E-state index in [0.29, 0.717) is 24.9 Å². The summed E-state index contributed by atoms with van der Waals surface area (Å²) in [7, 11) is 0. The molecule has 1 amide bonds. The van der Waals surface area contributed by atoms with E-state index >= 15 is 0 Å². The quantitative estimate of drug-likeness (QED) is 0.441. The minimum absolute atomic E-state index is 0. The fourth-order valence-corrected chi connectivity index (χ4v) is 4.69. The van der Waals surface area contributed by atoms with E-state index in [9.17, 15) is 14.7 Å². The molecule has 2 aliphatic heterocycles. The number of benzene rings is 2. The lowest BCUT2D eigenvalue weighted by Gasteiger charge is -2.35. The predicted octanol–water partition coefficient (Wildman–Crippen LogP) is 3.61. The molecule has 1 atom stereocenters. The van der Waals surface area contributed by atoms with E-state index in [2.05, 4.69) is 11.0 Å². The van der Waals surface area contributed by atoms with Gasteiger partial charge in [0.25, 0.3) is 0 Å². The highest BCUT2D eigenvalue weighted by molar-refractivity contribution is 5.95. The van der Waals surface area contributed by atoms with Gasteiger partial charge < -0.3 is 20.6 Å². The van der Waals surface area contributed by atoms with Gasteiger partial charge >= 0.3 is 5.97 Å². The number of nitrogen functional groups attached to an aromatic ring is 1. The number of amidine groups is 1. The van der Waals surface area contributed by atoms with Crippen molar-refractivity contribution < 1.29 is 14.7 Å². The first-order chi connectivity index (χ1) is 15.4. The van der Waals surface area contributed by atoms with Crippen LogP contribution in [0.2, 0.25) is 0 Å². The molecule has 7 nitrogen and oxygen atoms in total. The fraction of sp³-hybridized carbons (Fsp3) is 0.400. The second-order valence-electron chi connectivity index (χ2n) is 8.70. The highest BCUT2D eigenvalue weighted by Gasteiger charge is 2.27. The van der Waals surface area contributed by atoms with Gasteiger partial charge in [-0.15, -0.1) is 12.4 Å². The summed E-state index contributed by atoms with van der Waals surface area (Å²) in [5.41, 5.74) is 10.4. The number of hydrogen-bond acceptors (Lipinski definition) is 4. The van der Waals surface area contributed by atoms with E-state index in [4.69, 9.17) is 11.1 Å². The number of aryl methyl sites for hydroxylation is 2. The molecule has 4 N–H and O–H groups in total. The molecule has 0 saturated carbocycles. The Hall–Kier alpha value is -3.06. The highest BCUT2D eigenvalue weighted by atomic mass is 35.5. The first-order valence-corrected chi connectivity index (χ1v) is 11.3. The minimum atomic E-state index is -0.722. The Morgan fingerprint density at radius 3 is 2.55 bits per heavy atom. The van der Waals surface area contributed by atoms with Gasteiger partial charge in [0.2, 0.25) is 5.91 Å². The standard InChI is InChI=1S/C25H30N4O3.ClH/c26-24(27)18-8-5-17(6-9-18)7-12-23(30)29-14-2-3-19-15-21(10-11-22(19)29)28-13-1-4-20(16-28)25(31)32;/h5-6,8-11,15,20H,1-4,7,12-14,16H2,(H3,26,27)(H,31,32);1H. The average molecular weight is 471 g/mol. The first-order valence-electron chi connectivity index (χ1n) is 11.3. The lowest BCUT2D eigenvalue weighted by atomic mass is 9.96. The molecule has 2 aliphatic rings. The van der Waals surface area contributed by atoms with Crippen molar-refractivity contribution in [3.05, 3.63) is 59.2 Å². The number of nitrogens with zero attached hydrogens (tertiary/aromatic N) is 2. The number of piperidine rings is 1. The number of carbonyl (C=O) groups excluding carboxylic acids is 1. The van der Waals surface area contributed by atoms with Crippen LogP contribution in [0.25, 0.3) is 0 Å². The van der Waals surface area contributed by atoms with Crippen LogP contribution in [0.3, 0.4) is 0 Å². The summed E-state index contributed by atoms with van der Waals surface area (Å²) in [6.45, 7) is 2.13. The van der Waals surface area contributed by atoms with E-state index in [1.54, 1.807) is 0 Å². The maximum atomic E-state index is 13.0. The monoisotopic (exact) mass is 470 g/mol. The summed E-state index contributed by atoms with van der Waals surface area (Å²) >= 11 is 0. The third-order valence-corrected chi connectivity index (χ3v) is 6.51. The van der Waals surface area contributed by atoms with Gasteiger partial charge in [-0.25, -0.2) is 0 Å². The molecule has 2 aromatic carbocycles. The molecule has 0 bridgehead atoms. The van der Waals surface area contributed by atoms with Gasteiger partial charge in [-0.3, -0.25) is 15.0 Å². The third-order valence-electron chi connectivity index (χ3n) is 6.51. The summed E-state index contributed by atoms with van der Waals surface area (Å²) < 4.78 is 0. The normalized spacial score (nSPS) is 17.6. The summed E-state index contributed by atoms with van der Waals surface area (Å²) in [5.74, 6) is -0.888. The van der Waals surface area contributed by atoms with E-state index < -0.39 is 5.97 Å². The van der Waals surface area contributed by atoms with Gasteiger partial charge in [-0.05, 0) is 61.4 Å². The van der Waals surface area contributed by atoms with Crippen LogP contribution in [0.15, 0.2) is 42.5 Å². The van der Waals surface area contributed by atoms with Gasteiger partial charge in [0.1, 0.15) is 5.84 Å². The number of carboxylic acids is 1. The largest absolute Gasteiger partial charge is 0.481 e. The molecular weight excluding hydrogens is 440 g/mol. The van der Waals surface area contributed by atoms with Crippen LogP contribution < -0.4 is 15.5 Å². The van der Waals surface area contributed by atoms with Gasteiger partial charge in [-0.2, -0.15) is 0 Å². The van der Waals surface area contributed by atoms with E-state index in [0.717, 1.165) is 61.3 Å². The molecule has 1 unspecified atom stereocenters. The van der Waals surface area contributed by atoms with Crippen molar-refractivity contribution in [2.45, 2.75) is 38.5 Å². The molecule has 2 aromatic rings. The number of amides is 1. The molecule has 0 aliphatic carbocycles. The van der Waals surface area contributed by atoms with Gasteiger partial charge in [0, 0.05) is 43.0 Å². The number of carbonyl (C=O) groups is 2. The Bertz CT molecular complexity index is 1020. The molecule has 4 rings (SSSR count). The van der Waals surface area contributed by atoms with E-state index in [1.165, 1.54) is 0 Å². The van der Waals surface area contributed by atoms with E-state index in [-0.39, 0.29) is 30.1 Å². The maximum Gasteiger partial charge on any atom is 0.308 e. The molecular formula is C25H31ClN4O3. The van der Waals surface area contributed by atoms with Crippen LogP contribution in [0, 0.1) is 11.3 Å². The van der Waals surface area contributed by atoms with Crippen molar-refractivity contribution in [3.8, 4) is 0 Å². The number of halogens is 1. The molecule has 8 heteroatoms. The highest BCUT2D eigenvalue weighted by Crippen LogP contribution is 2.33. The molecule has 0 radical (unpaired) electrons. The van der Waals surface area contributed by atoms with Crippen LogP contribution >= 0.6 is 12.4 Å². The molecule has 0 aromatic heterocycles. The zero-order valence-electron chi connectivity index (χ0n) is 18.6. The van der Waals surface area contributed by atoms with E-state index in [1.807, 2.05) is 41.3 Å². The van der Waals surface area contributed by atoms with Gasteiger partial charge in [-0.1, -0.05) is 24.3 Å². The Morgan fingerprint density at radius 2 is 1.85 bits per heavy atom. The Balaban J connectivity index is 0.00000306. The molecule has 176 valence electrons. The molecule has 33 heavy (non-hydrogen) atoms. The van der Waals surface area contributed by atoms with Crippen LogP contribution in [0.4, 0.5) is 11.4 Å². The molecule has 1 fully saturated rings. The summed E-state index contributed by atoms with van der Waals surface area (Å²) in [6.07, 6.45) is 4.53. The lowest BCUT2D eigenvalue weighted by molar-refractivity contribution is -0.142. The number of rotatable bonds is 6. The number of fused-ring (bicyclic) bond motifs is 1. The van der Waals surface area contributed by atoms with Crippen LogP contribution in [-0.2, 0) is 22.4 Å². The zero-order valence-corrected chi connectivity index (χ0v) is 19.4. The van der Waals surface area contributed by atoms with Crippen molar-refractivity contribution in [3.63, 3.8) is 0 Å². The fourth-order valence-electron chi connectivity index (χ4n) is 4.69. The van der Waals surface area contributed by atoms with Crippen LogP contribution in [0.1, 0.15) is 42.4 Å². The summed E-state index contributed by atoms with van der Waals surface area (Å²) in [6, 6.07) is 13.7. The molecule has 1 saturated heterocycles. The van der Waals surface area contributed by atoms with Crippen LogP contribution in [0.5, 0.6) is 0 Å². The Morgan fingerprint density at radius 1 is 1.09 bits per heavy atom. The zero-order chi connectivity index (χ0) is 22.7. The van der Waals surface area contributed by atoms with Gasteiger partial charge in [0.15, 0.2) is 0 Å². The van der Waals surface area contributed by atoms with Crippen LogP contribution in [-0.4, -0.2) is 42.5 Å². The topological polar surface area (TPSA) is 111 Å². The number of nitrogens with two attached hydrogens (primary N) is 1. The first kappa shape index (κ1) is 24.6. The molecule has 0 spiro atoms. The van der Waals surface area contributed by atoms with Crippen molar-refractivity contribution >= 4 is 41.5 Å². The number of carboxylic acid groups (broad SMARTS) is 1. The Labute approximate surface area is 200 Å². The summed E-state index contributed by atoms with van der Waals surface area (Å²) in [4.78, 5) is 28.5. The number of aliphatic carboxylic acids is 1. The van der Waals surface area contributed by atoms with Crippen molar-refractivity contribution in [1.82, 2.24) is 0 Å². The minimum Gasteiger partial charge on any atom is -0.481 e. The van der Waals surface area contributed by atoms with Gasteiger partial charge in [0.05, 0.1) is 5.92 Å². The van der Waals surface area contributed by atoms with Crippen molar-refractivity contribution in [1.29, 1.82) is 5.41 Å². The van der Waals surface area contributed by atoms with Crippen molar-refractivity contribution in [2.75, 3.05) is 29.4 Å². The number of hydrogen-bond donors (Lipinski definition) is 3. The number of anilines is 2. The summed E-state index contributed by atoms with van der Waals surface area (Å²) in [5, 5.41) is 16.9. The maximum absolute atomic E-state index is 13.0.